The summed E-state index contributed by atoms with van der Waals surface area (Å²) >= 11 is 0. The zero-order valence-corrected chi connectivity index (χ0v) is 20.7. The molecule has 0 aliphatic heterocycles. The number of hydrogen-bond donors (Lipinski definition) is 1. The molecule has 0 spiro atoms. The predicted octanol–water partition coefficient (Wildman–Crippen LogP) is 3.49. The Morgan fingerprint density at radius 1 is 1.00 bits per heavy atom. The summed E-state index contributed by atoms with van der Waals surface area (Å²) in [4.78, 5) is 39.9. The van der Waals surface area contributed by atoms with Gasteiger partial charge >= 0.3 is 5.69 Å². The average molecular weight is 500 g/mol. The van der Waals surface area contributed by atoms with Crippen LogP contribution in [0.1, 0.15) is 40.9 Å². The van der Waals surface area contributed by atoms with Crippen molar-refractivity contribution in [3.8, 4) is 0 Å². The Labute approximate surface area is 211 Å². The van der Waals surface area contributed by atoms with E-state index in [4.69, 9.17) is 0 Å². The van der Waals surface area contributed by atoms with Crippen molar-refractivity contribution >= 4 is 22.6 Å². The number of carbonyl (C=O) groups excluding carboxylic acids is 1. The van der Waals surface area contributed by atoms with Gasteiger partial charge in [0.05, 0.1) is 24.0 Å². The number of aryl methyl sites for hydroxylation is 1. The Bertz CT molecular complexity index is 1760. The lowest BCUT2D eigenvalue weighted by Gasteiger charge is -2.12. The van der Waals surface area contributed by atoms with Gasteiger partial charge in [0.15, 0.2) is 0 Å². The number of rotatable bonds is 6. The van der Waals surface area contributed by atoms with Crippen molar-refractivity contribution in [1.29, 1.82) is 0 Å². The van der Waals surface area contributed by atoms with Crippen LogP contribution in [0.4, 0.5) is 4.39 Å². The van der Waals surface area contributed by atoms with Gasteiger partial charge in [0.2, 0.25) is 5.78 Å². The van der Waals surface area contributed by atoms with Crippen molar-refractivity contribution in [3.63, 3.8) is 0 Å². The fourth-order valence-electron chi connectivity index (χ4n) is 4.31. The summed E-state index contributed by atoms with van der Waals surface area (Å²) < 4.78 is 18.3. The van der Waals surface area contributed by atoms with E-state index in [1.165, 1.54) is 21.1 Å². The fraction of sp³-hybridized carbons (Fsp3) is 0.214. The molecule has 2 aromatic heterocycles. The summed E-state index contributed by atoms with van der Waals surface area (Å²) in [6, 6.07) is 18.4. The second-order valence-corrected chi connectivity index (χ2v) is 9.40. The third kappa shape index (κ3) is 4.55. The summed E-state index contributed by atoms with van der Waals surface area (Å²) in [7, 11) is 0. The smallest absolute Gasteiger partial charge is 0.350 e. The molecule has 0 saturated heterocycles. The van der Waals surface area contributed by atoms with E-state index < -0.39 is 11.5 Å². The Morgan fingerprint density at radius 2 is 1.73 bits per heavy atom. The number of nitrogens with one attached hydrogen (secondary N) is 1. The van der Waals surface area contributed by atoms with Gasteiger partial charge in [-0.25, -0.2) is 18.3 Å². The first-order valence-electron chi connectivity index (χ1n) is 12.0. The van der Waals surface area contributed by atoms with Gasteiger partial charge in [0.1, 0.15) is 5.82 Å². The topological polar surface area (TPSA) is 90.4 Å². The molecule has 0 aliphatic rings. The number of hydrogen-bond acceptors (Lipinski definition) is 4. The second-order valence-electron chi connectivity index (χ2n) is 9.40. The number of benzene rings is 3. The normalized spacial score (nSPS) is 11.5. The van der Waals surface area contributed by atoms with Crippen LogP contribution in [0.3, 0.4) is 0 Å². The van der Waals surface area contributed by atoms with E-state index in [-0.39, 0.29) is 47.3 Å². The standard InChI is InChI=1S/C28H26FN5O3/c1-17(2)30-25(35)20-12-13-22-24(14-20)34-27(32(26(22)36)15-19-10-8-18(3)9-11-19)31-33(28(34)37)16-21-6-4-5-7-23(21)29/h4-14,17H,15-16H2,1-3H3,(H,30,35). The highest BCUT2D eigenvalue weighted by Gasteiger charge is 2.20. The maximum Gasteiger partial charge on any atom is 0.352 e. The minimum absolute atomic E-state index is 0.0861. The maximum atomic E-state index is 14.4. The molecule has 1 N–H and O–H groups in total. The summed E-state index contributed by atoms with van der Waals surface area (Å²) in [6.07, 6.45) is 0. The van der Waals surface area contributed by atoms with Crippen LogP contribution < -0.4 is 16.6 Å². The van der Waals surface area contributed by atoms with Crippen LogP contribution in [0.25, 0.3) is 16.7 Å². The molecule has 188 valence electrons. The molecule has 5 rings (SSSR count). The van der Waals surface area contributed by atoms with Crippen LogP contribution in [0, 0.1) is 12.7 Å². The molecule has 37 heavy (non-hydrogen) atoms. The zero-order chi connectivity index (χ0) is 26.3. The molecule has 1 amide bonds. The van der Waals surface area contributed by atoms with Crippen molar-refractivity contribution in [3.05, 3.63) is 116 Å². The highest BCUT2D eigenvalue weighted by molar-refractivity contribution is 5.98. The van der Waals surface area contributed by atoms with Gasteiger partial charge in [-0.1, -0.05) is 48.0 Å². The Balaban J connectivity index is 1.76. The van der Waals surface area contributed by atoms with Gasteiger partial charge < -0.3 is 5.32 Å². The Kier molecular flexibility index (Phi) is 6.20. The first kappa shape index (κ1) is 24.2. The van der Waals surface area contributed by atoms with Gasteiger partial charge in [0.25, 0.3) is 11.5 Å². The van der Waals surface area contributed by atoms with E-state index in [0.29, 0.717) is 11.1 Å². The van der Waals surface area contributed by atoms with Crippen LogP contribution >= 0.6 is 0 Å². The van der Waals surface area contributed by atoms with Gasteiger partial charge in [-0.15, -0.1) is 5.10 Å². The third-order valence-electron chi connectivity index (χ3n) is 6.20. The van der Waals surface area contributed by atoms with Gasteiger partial charge in [-0.3, -0.25) is 14.2 Å². The molecule has 0 unspecified atom stereocenters. The fourth-order valence-corrected chi connectivity index (χ4v) is 4.31. The van der Waals surface area contributed by atoms with Crippen molar-refractivity contribution in [2.24, 2.45) is 0 Å². The van der Waals surface area contributed by atoms with Crippen molar-refractivity contribution < 1.29 is 9.18 Å². The molecule has 3 aromatic carbocycles. The second kappa shape index (κ2) is 9.50. The molecule has 0 radical (unpaired) electrons. The SMILES string of the molecule is Cc1ccc(Cn2c(=O)c3ccc(C(=O)NC(C)C)cc3n3c(=O)n(Cc4ccccc4F)nc23)cc1. The van der Waals surface area contributed by atoms with Crippen LogP contribution in [0.2, 0.25) is 0 Å². The van der Waals surface area contributed by atoms with Gasteiger partial charge in [0, 0.05) is 17.2 Å². The molecule has 9 heteroatoms. The molecule has 0 saturated carbocycles. The van der Waals surface area contributed by atoms with Crippen molar-refractivity contribution in [1.82, 2.24) is 24.1 Å². The molecule has 0 atom stereocenters. The zero-order valence-electron chi connectivity index (χ0n) is 20.7. The van der Waals surface area contributed by atoms with Gasteiger partial charge in [-0.2, -0.15) is 0 Å². The van der Waals surface area contributed by atoms with Gasteiger partial charge in [-0.05, 0) is 50.6 Å². The van der Waals surface area contributed by atoms with Crippen molar-refractivity contribution in [2.45, 2.75) is 39.9 Å². The monoisotopic (exact) mass is 499 g/mol. The van der Waals surface area contributed by atoms with Crippen molar-refractivity contribution in [2.75, 3.05) is 0 Å². The molecule has 0 aliphatic carbocycles. The third-order valence-corrected chi connectivity index (χ3v) is 6.20. The minimum atomic E-state index is -0.540. The highest BCUT2D eigenvalue weighted by atomic mass is 19.1. The first-order valence-corrected chi connectivity index (χ1v) is 12.0. The van der Waals surface area contributed by atoms with E-state index >= 15 is 0 Å². The van der Waals surface area contributed by atoms with Crippen LogP contribution in [0.5, 0.6) is 0 Å². The number of nitrogens with zero attached hydrogens (tertiary/aromatic N) is 4. The summed E-state index contributed by atoms with van der Waals surface area (Å²) in [5.74, 6) is -0.664. The molecular weight excluding hydrogens is 473 g/mol. The van der Waals surface area contributed by atoms with Crippen LogP contribution in [-0.4, -0.2) is 30.7 Å². The van der Waals surface area contributed by atoms with Crippen LogP contribution in [0.15, 0.2) is 76.3 Å². The van der Waals surface area contributed by atoms with E-state index in [1.54, 1.807) is 30.3 Å². The number of aromatic nitrogens is 4. The summed E-state index contributed by atoms with van der Waals surface area (Å²) in [6.45, 7) is 5.74. The number of carbonyl (C=O) groups is 1. The average Bonchev–Trinajstić information content (AvgIpc) is 3.19. The van der Waals surface area contributed by atoms with E-state index in [2.05, 4.69) is 10.4 Å². The first-order chi connectivity index (χ1) is 17.7. The minimum Gasteiger partial charge on any atom is -0.350 e. The maximum absolute atomic E-state index is 14.4. The lowest BCUT2D eigenvalue weighted by molar-refractivity contribution is 0.0943. The van der Waals surface area contributed by atoms with E-state index in [9.17, 15) is 18.8 Å². The largest absolute Gasteiger partial charge is 0.352 e. The molecule has 0 fully saturated rings. The molecule has 5 aromatic rings. The Hall–Kier alpha value is -4.53. The molecular formula is C28H26FN5O3. The van der Waals surface area contributed by atoms with E-state index in [0.717, 1.165) is 15.8 Å². The molecule has 2 heterocycles. The number of fused-ring (bicyclic) bond motifs is 3. The summed E-state index contributed by atoms with van der Waals surface area (Å²) in [5.41, 5.74) is 1.93. The number of halogens is 1. The predicted molar refractivity (Wildman–Crippen MR) is 140 cm³/mol. The lowest BCUT2D eigenvalue weighted by atomic mass is 10.1. The Morgan fingerprint density at radius 3 is 2.43 bits per heavy atom. The number of amides is 1. The van der Waals surface area contributed by atoms with Crippen LogP contribution in [-0.2, 0) is 13.1 Å². The summed E-state index contributed by atoms with van der Waals surface area (Å²) in [5, 5.41) is 7.55. The van der Waals surface area contributed by atoms with E-state index in [1.807, 2.05) is 45.0 Å². The molecule has 8 nitrogen and oxygen atoms in total. The quantitative estimate of drug-likeness (QED) is 0.387. The molecule has 0 bridgehead atoms. The lowest BCUT2D eigenvalue weighted by Crippen LogP contribution is -2.30. The highest BCUT2D eigenvalue weighted by Crippen LogP contribution is 2.16.